The number of hydrogen-bond acceptors (Lipinski definition) is 7. The molecule has 0 amide bonds. The molecular formula is C25H25N7O. The lowest BCUT2D eigenvalue weighted by Gasteiger charge is -2.18. The summed E-state index contributed by atoms with van der Waals surface area (Å²) in [5, 5.41) is 13.9. The van der Waals surface area contributed by atoms with Gasteiger partial charge in [-0.15, -0.1) is 0 Å². The van der Waals surface area contributed by atoms with Gasteiger partial charge in [0, 0.05) is 28.4 Å². The van der Waals surface area contributed by atoms with E-state index >= 15 is 0 Å². The first-order chi connectivity index (χ1) is 15.8. The molecule has 4 rings (SSSR count). The third-order valence-electron chi connectivity index (χ3n) is 5.19. The summed E-state index contributed by atoms with van der Waals surface area (Å²) in [5.74, 6) is 0.573. The van der Waals surface area contributed by atoms with Gasteiger partial charge in [-0.05, 0) is 30.3 Å². The van der Waals surface area contributed by atoms with E-state index in [1.165, 1.54) is 7.11 Å². The highest BCUT2D eigenvalue weighted by atomic mass is 16.5. The van der Waals surface area contributed by atoms with Gasteiger partial charge in [0.1, 0.15) is 11.8 Å². The van der Waals surface area contributed by atoms with Crippen molar-refractivity contribution in [3.63, 3.8) is 0 Å². The Hall–Kier alpha value is -4.25. The van der Waals surface area contributed by atoms with Crippen molar-refractivity contribution in [2.75, 3.05) is 12.8 Å². The van der Waals surface area contributed by atoms with Crippen LogP contribution in [0.3, 0.4) is 0 Å². The third kappa shape index (κ3) is 4.67. The number of nitriles is 1. The Morgan fingerprint density at radius 3 is 2.55 bits per heavy atom. The highest BCUT2D eigenvalue weighted by Gasteiger charge is 2.17. The minimum Gasteiger partial charge on any atom is -0.495 e. The van der Waals surface area contributed by atoms with Crippen LogP contribution in [0.1, 0.15) is 37.7 Å². The third-order valence-corrected chi connectivity index (χ3v) is 5.19. The van der Waals surface area contributed by atoms with Gasteiger partial charge in [0.2, 0.25) is 5.95 Å². The fraction of sp³-hybridized carbons (Fsp3) is 0.240. The molecule has 4 aromatic rings. The number of aromatic nitrogens is 5. The molecule has 166 valence electrons. The lowest BCUT2D eigenvalue weighted by atomic mass is 9.91. The van der Waals surface area contributed by atoms with E-state index in [0.717, 1.165) is 17.0 Å². The van der Waals surface area contributed by atoms with Crippen molar-refractivity contribution < 1.29 is 4.74 Å². The first-order valence-electron chi connectivity index (χ1n) is 10.5. The number of nitrogens with two attached hydrogens (primary N) is 1. The van der Waals surface area contributed by atoms with Crippen LogP contribution in [0.2, 0.25) is 0 Å². The number of methoxy groups -OCH3 is 1. The summed E-state index contributed by atoms with van der Waals surface area (Å²) in [5.41, 5.74) is 11.0. The van der Waals surface area contributed by atoms with E-state index in [1.807, 2.05) is 41.2 Å². The zero-order valence-corrected chi connectivity index (χ0v) is 19.1. The molecule has 3 aromatic heterocycles. The molecule has 0 aliphatic carbocycles. The molecule has 8 nitrogen and oxygen atoms in total. The topological polar surface area (TPSA) is 116 Å². The van der Waals surface area contributed by atoms with Gasteiger partial charge in [-0.2, -0.15) is 10.4 Å². The van der Waals surface area contributed by atoms with Gasteiger partial charge in [-0.1, -0.05) is 32.9 Å². The lowest BCUT2D eigenvalue weighted by molar-refractivity contribution is 0.415. The normalized spacial score (nSPS) is 11.2. The second-order valence-corrected chi connectivity index (χ2v) is 8.69. The predicted octanol–water partition coefficient (Wildman–Crippen LogP) is 4.21. The van der Waals surface area contributed by atoms with Crippen LogP contribution in [0.25, 0.3) is 22.5 Å². The molecule has 0 fully saturated rings. The molecule has 1 aromatic carbocycles. The van der Waals surface area contributed by atoms with Gasteiger partial charge >= 0.3 is 0 Å². The number of nitrogens with zero attached hydrogens (tertiary/aromatic N) is 6. The molecule has 0 aliphatic heterocycles. The summed E-state index contributed by atoms with van der Waals surface area (Å²) in [6, 6.07) is 15.3. The van der Waals surface area contributed by atoms with Crippen LogP contribution in [0, 0.1) is 11.3 Å². The van der Waals surface area contributed by atoms with Crippen LogP contribution in [0.15, 0.2) is 54.9 Å². The molecule has 0 saturated carbocycles. The SMILES string of the molecule is COc1c(C#N)cccc1-c1cc(-c2cnn(Cc3cccc(C(C)(C)C)n3)c2)nc(N)n1. The van der Waals surface area contributed by atoms with Crippen molar-refractivity contribution in [1.82, 2.24) is 24.7 Å². The molecule has 0 spiro atoms. The van der Waals surface area contributed by atoms with Crippen LogP contribution < -0.4 is 10.5 Å². The number of anilines is 1. The smallest absolute Gasteiger partial charge is 0.221 e. The van der Waals surface area contributed by atoms with Crippen molar-refractivity contribution in [2.24, 2.45) is 0 Å². The van der Waals surface area contributed by atoms with Gasteiger partial charge in [0.05, 0.1) is 42.5 Å². The van der Waals surface area contributed by atoms with E-state index in [2.05, 4.69) is 41.9 Å². The highest BCUT2D eigenvalue weighted by Crippen LogP contribution is 2.33. The van der Waals surface area contributed by atoms with E-state index in [-0.39, 0.29) is 11.4 Å². The summed E-state index contributed by atoms with van der Waals surface area (Å²) < 4.78 is 7.28. The minimum absolute atomic E-state index is 0.0237. The lowest BCUT2D eigenvalue weighted by Crippen LogP contribution is -2.15. The Morgan fingerprint density at radius 1 is 1.06 bits per heavy atom. The second kappa shape index (κ2) is 8.71. The average molecular weight is 440 g/mol. The molecule has 33 heavy (non-hydrogen) atoms. The Labute approximate surface area is 192 Å². The molecule has 3 heterocycles. The van der Waals surface area contributed by atoms with Crippen molar-refractivity contribution >= 4 is 5.95 Å². The van der Waals surface area contributed by atoms with E-state index in [0.29, 0.717) is 34.8 Å². The Balaban J connectivity index is 1.66. The van der Waals surface area contributed by atoms with Crippen LogP contribution in [-0.4, -0.2) is 31.8 Å². The zero-order chi connectivity index (χ0) is 23.6. The molecule has 0 saturated heterocycles. The van der Waals surface area contributed by atoms with Gasteiger partial charge < -0.3 is 10.5 Å². The zero-order valence-electron chi connectivity index (χ0n) is 19.1. The maximum Gasteiger partial charge on any atom is 0.221 e. The van der Waals surface area contributed by atoms with Gasteiger partial charge in [-0.25, -0.2) is 9.97 Å². The highest BCUT2D eigenvalue weighted by molar-refractivity contribution is 5.75. The van der Waals surface area contributed by atoms with Crippen LogP contribution in [-0.2, 0) is 12.0 Å². The Bertz CT molecular complexity index is 1350. The maximum atomic E-state index is 9.39. The largest absolute Gasteiger partial charge is 0.495 e. The van der Waals surface area contributed by atoms with E-state index in [1.54, 1.807) is 18.3 Å². The van der Waals surface area contributed by atoms with Crippen molar-refractivity contribution in [2.45, 2.75) is 32.7 Å². The number of hydrogen-bond donors (Lipinski definition) is 1. The summed E-state index contributed by atoms with van der Waals surface area (Å²) in [4.78, 5) is 13.5. The molecule has 0 radical (unpaired) electrons. The maximum absolute atomic E-state index is 9.39. The monoisotopic (exact) mass is 439 g/mol. The molecule has 0 atom stereocenters. The number of para-hydroxylation sites is 1. The minimum atomic E-state index is -0.0237. The molecular weight excluding hydrogens is 414 g/mol. The number of ether oxygens (including phenoxy) is 1. The fourth-order valence-electron chi connectivity index (χ4n) is 3.53. The number of benzene rings is 1. The number of nitrogen functional groups attached to an aromatic ring is 1. The summed E-state index contributed by atoms with van der Waals surface area (Å²) in [6.07, 6.45) is 3.64. The predicted molar refractivity (Wildman–Crippen MR) is 126 cm³/mol. The fourth-order valence-corrected chi connectivity index (χ4v) is 3.53. The molecule has 8 heteroatoms. The Morgan fingerprint density at radius 2 is 1.82 bits per heavy atom. The molecule has 0 unspecified atom stereocenters. The number of pyridine rings is 1. The van der Waals surface area contributed by atoms with Crippen LogP contribution >= 0.6 is 0 Å². The first kappa shape index (κ1) is 22.0. The molecule has 0 aliphatic rings. The van der Waals surface area contributed by atoms with Crippen molar-refractivity contribution in [1.29, 1.82) is 5.26 Å². The van der Waals surface area contributed by atoms with Crippen LogP contribution in [0.5, 0.6) is 5.75 Å². The standard InChI is InChI=1S/C25H25N7O/c1-25(2,3)22-10-6-8-18(29-22)15-32-14-17(13-28-32)20-11-21(31-24(27)30-20)19-9-5-7-16(12-26)23(19)33-4/h5-11,13-14H,15H2,1-4H3,(H2,27,30,31). The molecule has 2 N–H and O–H groups in total. The molecule has 0 bridgehead atoms. The second-order valence-electron chi connectivity index (χ2n) is 8.69. The quantitative estimate of drug-likeness (QED) is 0.495. The van der Waals surface area contributed by atoms with Crippen molar-refractivity contribution in [3.05, 3.63) is 71.8 Å². The summed E-state index contributed by atoms with van der Waals surface area (Å²) >= 11 is 0. The van der Waals surface area contributed by atoms with E-state index in [9.17, 15) is 5.26 Å². The summed E-state index contributed by atoms with van der Waals surface area (Å²) in [6.45, 7) is 6.96. The van der Waals surface area contributed by atoms with Gasteiger partial charge in [-0.3, -0.25) is 9.67 Å². The van der Waals surface area contributed by atoms with Crippen molar-refractivity contribution in [3.8, 4) is 34.3 Å². The van der Waals surface area contributed by atoms with Crippen LogP contribution in [0.4, 0.5) is 5.95 Å². The summed E-state index contributed by atoms with van der Waals surface area (Å²) in [7, 11) is 1.53. The van der Waals surface area contributed by atoms with Gasteiger partial charge in [0.25, 0.3) is 0 Å². The number of rotatable bonds is 5. The van der Waals surface area contributed by atoms with E-state index in [4.69, 9.17) is 15.5 Å². The average Bonchev–Trinajstić information content (AvgIpc) is 3.26. The first-order valence-corrected chi connectivity index (χ1v) is 10.5. The van der Waals surface area contributed by atoms with Gasteiger partial charge in [0.15, 0.2) is 0 Å². The Kier molecular flexibility index (Phi) is 5.80. The van der Waals surface area contributed by atoms with E-state index < -0.39 is 0 Å².